The number of rotatable bonds is 5. The summed E-state index contributed by atoms with van der Waals surface area (Å²) in [4.78, 5) is 12.4. The predicted octanol–water partition coefficient (Wildman–Crippen LogP) is 3.03. The van der Waals surface area contributed by atoms with Crippen LogP contribution in [-0.2, 0) is 16.4 Å². The second-order valence-electron chi connectivity index (χ2n) is 5.05. The molecule has 2 rings (SSSR count). The lowest BCUT2D eigenvalue weighted by Crippen LogP contribution is -2.17. The molecule has 0 fully saturated rings. The molecular weight excluding hydrogens is 350 g/mol. The van der Waals surface area contributed by atoms with Gasteiger partial charge in [-0.3, -0.25) is 9.52 Å². The summed E-state index contributed by atoms with van der Waals surface area (Å²) >= 11 is 5.90. The number of sulfonamides is 1. The van der Waals surface area contributed by atoms with Crippen LogP contribution in [0.15, 0.2) is 42.5 Å². The van der Waals surface area contributed by atoms with E-state index in [0.717, 1.165) is 11.8 Å². The Morgan fingerprint density at radius 1 is 1.21 bits per heavy atom. The summed E-state index contributed by atoms with van der Waals surface area (Å²) in [7, 11) is -3.53. The highest BCUT2D eigenvalue weighted by molar-refractivity contribution is 7.92. The van der Waals surface area contributed by atoms with Crippen molar-refractivity contribution in [1.82, 2.24) is 0 Å². The molecule has 0 aliphatic rings. The molecule has 0 saturated carbocycles. The van der Waals surface area contributed by atoms with Gasteiger partial charge in [0.2, 0.25) is 10.0 Å². The Balaban J connectivity index is 2.25. The van der Waals surface area contributed by atoms with Crippen LogP contribution in [0.3, 0.4) is 0 Å². The first-order chi connectivity index (χ1) is 11.3. The Morgan fingerprint density at radius 3 is 2.46 bits per heavy atom. The van der Waals surface area contributed by atoms with Crippen molar-refractivity contribution in [3.8, 4) is 6.07 Å². The summed E-state index contributed by atoms with van der Waals surface area (Å²) < 4.78 is 25.1. The minimum atomic E-state index is -3.53. The number of halogens is 1. The number of nitriles is 1. The van der Waals surface area contributed by atoms with E-state index in [1.807, 2.05) is 6.07 Å². The van der Waals surface area contributed by atoms with Gasteiger partial charge in [-0.25, -0.2) is 8.42 Å². The lowest BCUT2D eigenvalue weighted by atomic mass is 10.1. The number of carbonyl (C=O) groups excluding carboxylic acids is 1. The first kappa shape index (κ1) is 17.8. The smallest absolute Gasteiger partial charge is 0.257 e. The second-order valence-corrected chi connectivity index (χ2v) is 7.23. The minimum Gasteiger partial charge on any atom is -0.322 e. The number of anilines is 2. The van der Waals surface area contributed by atoms with E-state index in [0.29, 0.717) is 10.7 Å². The largest absolute Gasteiger partial charge is 0.322 e. The normalized spacial score (nSPS) is 10.7. The van der Waals surface area contributed by atoms with E-state index in [2.05, 4.69) is 10.0 Å². The van der Waals surface area contributed by atoms with Gasteiger partial charge in [-0.15, -0.1) is 0 Å². The predicted molar refractivity (Wildman–Crippen MR) is 93.6 cm³/mol. The molecule has 0 aromatic heterocycles. The van der Waals surface area contributed by atoms with Crippen LogP contribution in [0.4, 0.5) is 11.4 Å². The molecule has 2 N–H and O–H groups in total. The Labute approximate surface area is 145 Å². The summed E-state index contributed by atoms with van der Waals surface area (Å²) in [6, 6.07) is 13.1. The highest BCUT2D eigenvalue weighted by Crippen LogP contribution is 2.23. The van der Waals surface area contributed by atoms with Crippen molar-refractivity contribution in [3.05, 3.63) is 58.6 Å². The fourth-order valence-electron chi connectivity index (χ4n) is 1.99. The van der Waals surface area contributed by atoms with Crippen LogP contribution in [0.5, 0.6) is 0 Å². The van der Waals surface area contributed by atoms with Gasteiger partial charge >= 0.3 is 0 Å². The van der Waals surface area contributed by atoms with Crippen molar-refractivity contribution in [2.75, 3.05) is 16.3 Å². The van der Waals surface area contributed by atoms with Gasteiger partial charge in [-0.05, 0) is 35.9 Å². The number of hydrogen-bond acceptors (Lipinski definition) is 4. The first-order valence-electron chi connectivity index (χ1n) is 6.83. The van der Waals surface area contributed by atoms with Crippen LogP contribution in [0.25, 0.3) is 0 Å². The van der Waals surface area contributed by atoms with Crippen LogP contribution in [0, 0.1) is 11.3 Å². The van der Waals surface area contributed by atoms with E-state index in [9.17, 15) is 13.2 Å². The number of benzene rings is 2. The van der Waals surface area contributed by atoms with E-state index in [-0.39, 0.29) is 17.7 Å². The molecule has 1 amide bonds. The summed E-state index contributed by atoms with van der Waals surface area (Å²) in [5.41, 5.74) is 1.60. The van der Waals surface area contributed by atoms with Gasteiger partial charge in [0.15, 0.2) is 0 Å². The molecule has 8 heteroatoms. The molecule has 2 aromatic rings. The van der Waals surface area contributed by atoms with Crippen molar-refractivity contribution in [2.24, 2.45) is 0 Å². The van der Waals surface area contributed by atoms with Crippen LogP contribution >= 0.6 is 11.6 Å². The summed E-state index contributed by atoms with van der Waals surface area (Å²) in [6.45, 7) is 0. The molecule has 0 atom stereocenters. The zero-order chi connectivity index (χ0) is 17.7. The third-order valence-electron chi connectivity index (χ3n) is 3.02. The molecule has 0 bridgehead atoms. The number of nitrogens with zero attached hydrogens (tertiary/aromatic N) is 1. The quantitative estimate of drug-likeness (QED) is 0.852. The lowest BCUT2D eigenvalue weighted by molar-refractivity contribution is 0.102. The monoisotopic (exact) mass is 363 g/mol. The molecule has 0 aliphatic heterocycles. The Hall–Kier alpha value is -2.56. The van der Waals surface area contributed by atoms with E-state index in [4.69, 9.17) is 16.9 Å². The van der Waals surface area contributed by atoms with Gasteiger partial charge < -0.3 is 5.32 Å². The number of carbonyl (C=O) groups is 1. The van der Waals surface area contributed by atoms with E-state index >= 15 is 0 Å². The third-order valence-corrected chi connectivity index (χ3v) is 3.84. The zero-order valence-electron chi connectivity index (χ0n) is 12.7. The molecule has 0 spiro atoms. The summed E-state index contributed by atoms with van der Waals surface area (Å²) in [5.74, 6) is -0.503. The number of hydrogen-bond donors (Lipinski definition) is 2. The highest BCUT2D eigenvalue weighted by atomic mass is 35.5. The Bertz CT molecular complexity index is 903. The van der Waals surface area contributed by atoms with Crippen molar-refractivity contribution >= 4 is 38.9 Å². The molecule has 0 saturated heterocycles. The van der Waals surface area contributed by atoms with Crippen molar-refractivity contribution < 1.29 is 13.2 Å². The average molecular weight is 364 g/mol. The molecule has 0 aliphatic carbocycles. The van der Waals surface area contributed by atoms with Gasteiger partial charge in [0.1, 0.15) is 0 Å². The topological polar surface area (TPSA) is 99.1 Å². The lowest BCUT2D eigenvalue weighted by Gasteiger charge is -2.12. The summed E-state index contributed by atoms with van der Waals surface area (Å²) in [6.07, 6.45) is 1.28. The summed E-state index contributed by atoms with van der Waals surface area (Å²) in [5, 5.41) is 11.6. The fraction of sp³-hybridized carbons (Fsp3) is 0.125. The molecule has 0 unspecified atom stereocenters. The molecule has 0 heterocycles. The molecule has 24 heavy (non-hydrogen) atoms. The van der Waals surface area contributed by atoms with E-state index in [1.54, 1.807) is 24.3 Å². The second kappa shape index (κ2) is 7.34. The van der Waals surface area contributed by atoms with Gasteiger partial charge in [0, 0.05) is 10.7 Å². The fourth-order valence-corrected chi connectivity index (χ4v) is 2.74. The SMILES string of the molecule is CS(=O)(=O)Nc1ccc(Cl)cc1C(=O)Nc1ccc(CC#N)cc1. The number of amides is 1. The minimum absolute atomic E-state index is 0.106. The van der Waals surface area contributed by atoms with E-state index < -0.39 is 15.9 Å². The maximum absolute atomic E-state index is 12.4. The van der Waals surface area contributed by atoms with Gasteiger partial charge in [-0.1, -0.05) is 23.7 Å². The van der Waals surface area contributed by atoms with Gasteiger partial charge in [-0.2, -0.15) is 5.26 Å². The van der Waals surface area contributed by atoms with Gasteiger partial charge in [0.05, 0.1) is 30.0 Å². The van der Waals surface area contributed by atoms with Crippen LogP contribution < -0.4 is 10.0 Å². The van der Waals surface area contributed by atoms with Crippen LogP contribution in [-0.4, -0.2) is 20.6 Å². The van der Waals surface area contributed by atoms with Crippen molar-refractivity contribution in [3.63, 3.8) is 0 Å². The van der Waals surface area contributed by atoms with Crippen LogP contribution in [0.2, 0.25) is 5.02 Å². The molecule has 2 aromatic carbocycles. The zero-order valence-corrected chi connectivity index (χ0v) is 14.3. The highest BCUT2D eigenvalue weighted by Gasteiger charge is 2.15. The first-order valence-corrected chi connectivity index (χ1v) is 9.10. The van der Waals surface area contributed by atoms with E-state index in [1.165, 1.54) is 18.2 Å². The average Bonchev–Trinajstić information content (AvgIpc) is 2.50. The molecule has 124 valence electrons. The van der Waals surface area contributed by atoms with Gasteiger partial charge in [0.25, 0.3) is 5.91 Å². The third kappa shape index (κ3) is 4.98. The number of nitrogens with one attached hydrogen (secondary N) is 2. The Kier molecular flexibility index (Phi) is 5.44. The maximum Gasteiger partial charge on any atom is 0.257 e. The molecular formula is C16H14ClN3O3S. The standard InChI is InChI=1S/C16H14ClN3O3S/c1-24(22,23)20-15-7-4-12(17)10-14(15)16(21)19-13-5-2-11(3-6-13)8-9-18/h2-7,10,20H,8H2,1H3,(H,19,21). The molecule has 0 radical (unpaired) electrons. The Morgan fingerprint density at radius 2 is 1.88 bits per heavy atom. The van der Waals surface area contributed by atoms with Crippen molar-refractivity contribution in [2.45, 2.75) is 6.42 Å². The maximum atomic E-state index is 12.4. The van der Waals surface area contributed by atoms with Crippen molar-refractivity contribution in [1.29, 1.82) is 5.26 Å². The van der Waals surface area contributed by atoms with Crippen LogP contribution in [0.1, 0.15) is 15.9 Å². The molecule has 6 nitrogen and oxygen atoms in total.